The second-order valence-electron chi connectivity index (χ2n) is 6.75. The van der Waals surface area contributed by atoms with Crippen molar-refractivity contribution in [2.24, 2.45) is 11.3 Å². The number of ether oxygens (including phenoxy) is 1. The van der Waals surface area contributed by atoms with E-state index in [1.165, 1.54) is 4.31 Å². The molecule has 0 radical (unpaired) electrons. The Morgan fingerprint density at radius 3 is 2.45 bits per heavy atom. The molecule has 0 amide bonds. The van der Waals surface area contributed by atoms with E-state index in [1.807, 2.05) is 13.8 Å². The maximum atomic E-state index is 12.9. The molecule has 1 spiro atoms. The first-order chi connectivity index (χ1) is 10.4. The Labute approximate surface area is 130 Å². The summed E-state index contributed by atoms with van der Waals surface area (Å²) in [6, 6.07) is 6.69. The van der Waals surface area contributed by atoms with Crippen molar-refractivity contribution in [1.82, 2.24) is 4.31 Å². The summed E-state index contributed by atoms with van der Waals surface area (Å²) in [7, 11) is -3.54. The van der Waals surface area contributed by atoms with Gasteiger partial charge in [0.2, 0.25) is 10.0 Å². The van der Waals surface area contributed by atoms with Crippen molar-refractivity contribution in [3.63, 3.8) is 0 Å². The van der Waals surface area contributed by atoms with Gasteiger partial charge in [0.1, 0.15) is 6.10 Å². The van der Waals surface area contributed by atoms with Gasteiger partial charge in [-0.1, -0.05) is 17.7 Å². The van der Waals surface area contributed by atoms with E-state index in [2.05, 4.69) is 0 Å². The molecule has 2 saturated heterocycles. The normalized spacial score (nSPS) is 33.0. The van der Waals surface area contributed by atoms with E-state index in [1.54, 1.807) is 24.3 Å². The van der Waals surface area contributed by atoms with E-state index < -0.39 is 15.4 Å². The minimum atomic E-state index is -3.54. The zero-order valence-corrected chi connectivity index (χ0v) is 13.5. The summed E-state index contributed by atoms with van der Waals surface area (Å²) >= 11 is 0. The largest absolute Gasteiger partial charge is 0.460 e. The van der Waals surface area contributed by atoms with Gasteiger partial charge >= 0.3 is 5.97 Å². The summed E-state index contributed by atoms with van der Waals surface area (Å²) in [6.07, 6.45) is 1.37. The van der Waals surface area contributed by atoms with Crippen LogP contribution in [0.5, 0.6) is 0 Å². The van der Waals surface area contributed by atoms with E-state index in [9.17, 15) is 13.2 Å². The number of carbonyl (C=O) groups is 1. The van der Waals surface area contributed by atoms with Gasteiger partial charge in [0.25, 0.3) is 0 Å². The predicted octanol–water partition coefficient (Wildman–Crippen LogP) is 1.71. The molecule has 0 N–H and O–H groups in total. The van der Waals surface area contributed by atoms with E-state index in [0.29, 0.717) is 4.90 Å². The van der Waals surface area contributed by atoms with Gasteiger partial charge in [0.15, 0.2) is 0 Å². The van der Waals surface area contributed by atoms with E-state index >= 15 is 0 Å². The zero-order chi connectivity index (χ0) is 15.7. The van der Waals surface area contributed by atoms with Crippen molar-refractivity contribution in [2.75, 3.05) is 6.54 Å². The second kappa shape index (κ2) is 4.32. The third kappa shape index (κ3) is 1.74. The fourth-order valence-electron chi connectivity index (χ4n) is 4.10. The van der Waals surface area contributed by atoms with E-state index in [4.69, 9.17) is 4.74 Å². The van der Waals surface area contributed by atoms with Crippen LogP contribution in [-0.4, -0.2) is 37.4 Å². The van der Waals surface area contributed by atoms with Gasteiger partial charge in [-0.3, -0.25) is 4.79 Å². The number of sulfonamides is 1. The first kappa shape index (κ1) is 14.2. The number of benzene rings is 1. The lowest BCUT2D eigenvalue weighted by Gasteiger charge is -2.25. The first-order valence-electron chi connectivity index (χ1n) is 7.66. The van der Waals surface area contributed by atoms with Crippen molar-refractivity contribution in [3.05, 3.63) is 29.8 Å². The van der Waals surface area contributed by atoms with Gasteiger partial charge in [0, 0.05) is 12.0 Å². The van der Waals surface area contributed by atoms with Crippen molar-refractivity contribution in [2.45, 2.75) is 43.7 Å². The molecule has 4 rings (SSSR count). The highest BCUT2D eigenvalue weighted by Crippen LogP contribution is 2.62. The number of hydrogen-bond donors (Lipinski definition) is 0. The number of fused-ring (bicyclic) bond motifs is 2. The molecule has 1 aromatic rings. The number of hydrogen-bond acceptors (Lipinski definition) is 4. The second-order valence-corrected chi connectivity index (χ2v) is 8.64. The molecule has 0 unspecified atom stereocenters. The molecule has 0 bridgehead atoms. The van der Waals surface area contributed by atoms with Crippen LogP contribution < -0.4 is 0 Å². The Balaban J connectivity index is 1.67. The highest BCUT2D eigenvalue weighted by molar-refractivity contribution is 7.89. The Morgan fingerprint density at radius 1 is 1.23 bits per heavy atom. The number of rotatable bonds is 2. The van der Waals surface area contributed by atoms with Crippen molar-refractivity contribution in [1.29, 1.82) is 0 Å². The smallest absolute Gasteiger partial charge is 0.312 e. The minimum absolute atomic E-state index is 0.000207. The molecule has 22 heavy (non-hydrogen) atoms. The summed E-state index contributed by atoms with van der Waals surface area (Å²) in [5.41, 5.74) is 0.623. The molecule has 3 aliphatic rings. The van der Waals surface area contributed by atoms with Crippen LogP contribution >= 0.6 is 0 Å². The molecule has 0 aromatic heterocycles. The molecule has 6 heteroatoms. The SMILES string of the molecule is Cc1ccc(S(=O)(=O)N2C[C@H]3OC(=O)C4(CC4)[C@H]3[C@@H]2C)cc1. The fraction of sp³-hybridized carbons (Fsp3) is 0.562. The van der Waals surface area contributed by atoms with Crippen LogP contribution in [0.25, 0.3) is 0 Å². The van der Waals surface area contributed by atoms with Gasteiger partial charge < -0.3 is 4.74 Å². The average Bonchev–Trinajstić information content (AvgIpc) is 3.12. The first-order valence-corrected chi connectivity index (χ1v) is 9.10. The zero-order valence-electron chi connectivity index (χ0n) is 12.7. The van der Waals surface area contributed by atoms with Crippen LogP contribution in [0, 0.1) is 18.3 Å². The van der Waals surface area contributed by atoms with Crippen LogP contribution in [0.2, 0.25) is 0 Å². The molecule has 3 atom stereocenters. The van der Waals surface area contributed by atoms with Crippen molar-refractivity contribution < 1.29 is 17.9 Å². The number of aryl methyl sites for hydroxylation is 1. The highest BCUT2D eigenvalue weighted by atomic mass is 32.2. The van der Waals surface area contributed by atoms with Gasteiger partial charge in [-0.2, -0.15) is 4.31 Å². The summed E-state index contributed by atoms with van der Waals surface area (Å²) in [6.45, 7) is 4.10. The molecule has 2 heterocycles. The summed E-state index contributed by atoms with van der Waals surface area (Å²) in [4.78, 5) is 12.3. The van der Waals surface area contributed by atoms with Gasteiger partial charge in [-0.25, -0.2) is 8.42 Å². The molecular weight excluding hydrogens is 302 g/mol. The Kier molecular flexibility index (Phi) is 2.79. The van der Waals surface area contributed by atoms with Crippen molar-refractivity contribution in [3.8, 4) is 0 Å². The van der Waals surface area contributed by atoms with E-state index in [-0.39, 0.29) is 30.6 Å². The Hall–Kier alpha value is -1.40. The number of nitrogens with zero attached hydrogens (tertiary/aromatic N) is 1. The summed E-state index contributed by atoms with van der Waals surface area (Å²) in [5, 5.41) is 0. The summed E-state index contributed by atoms with van der Waals surface area (Å²) < 4.78 is 32.8. The molecule has 5 nitrogen and oxygen atoms in total. The maximum absolute atomic E-state index is 12.9. The lowest BCUT2D eigenvalue weighted by molar-refractivity contribution is -0.145. The molecule has 1 aliphatic carbocycles. The maximum Gasteiger partial charge on any atom is 0.312 e. The Bertz CT molecular complexity index is 736. The lowest BCUT2D eigenvalue weighted by Crippen LogP contribution is -2.39. The number of esters is 1. The highest BCUT2D eigenvalue weighted by Gasteiger charge is 2.70. The quantitative estimate of drug-likeness (QED) is 0.778. The molecule has 118 valence electrons. The third-order valence-corrected chi connectivity index (χ3v) is 7.42. The van der Waals surface area contributed by atoms with Crippen LogP contribution in [-0.2, 0) is 19.6 Å². The monoisotopic (exact) mass is 321 g/mol. The molecule has 3 fully saturated rings. The lowest BCUT2D eigenvalue weighted by atomic mass is 9.85. The van der Waals surface area contributed by atoms with Gasteiger partial charge in [0.05, 0.1) is 16.9 Å². The van der Waals surface area contributed by atoms with Gasteiger partial charge in [-0.15, -0.1) is 0 Å². The van der Waals surface area contributed by atoms with Crippen LogP contribution in [0.4, 0.5) is 0 Å². The molecule has 2 aliphatic heterocycles. The molecule has 1 aromatic carbocycles. The predicted molar refractivity (Wildman–Crippen MR) is 79.6 cm³/mol. The molecular formula is C16H19NO4S. The number of carbonyl (C=O) groups excluding carboxylic acids is 1. The van der Waals surface area contributed by atoms with Crippen molar-refractivity contribution >= 4 is 16.0 Å². The van der Waals surface area contributed by atoms with Crippen LogP contribution in [0.1, 0.15) is 25.3 Å². The third-order valence-electron chi connectivity index (χ3n) is 5.45. The minimum Gasteiger partial charge on any atom is -0.460 e. The standard InChI is InChI=1S/C16H19NO4S/c1-10-3-5-12(6-4-10)22(19,20)17-9-13-14(11(17)2)16(7-8-16)15(18)21-13/h3-6,11,13-14H,7-9H2,1-2H3/t11-,13+,14-/m0/s1. The fourth-order valence-corrected chi connectivity index (χ4v) is 5.76. The Morgan fingerprint density at radius 2 is 1.86 bits per heavy atom. The average molecular weight is 321 g/mol. The van der Waals surface area contributed by atoms with Gasteiger partial charge in [-0.05, 0) is 38.8 Å². The van der Waals surface area contributed by atoms with Crippen LogP contribution in [0.3, 0.4) is 0 Å². The van der Waals surface area contributed by atoms with E-state index in [0.717, 1.165) is 18.4 Å². The van der Waals surface area contributed by atoms with Crippen LogP contribution in [0.15, 0.2) is 29.2 Å². The summed E-state index contributed by atoms with van der Waals surface area (Å²) in [5.74, 6) is -0.123. The topological polar surface area (TPSA) is 63.7 Å². The molecule has 1 saturated carbocycles.